The molecule has 0 amide bonds. The molecule has 6 nitrogen and oxygen atoms in total. The van der Waals surface area contributed by atoms with Gasteiger partial charge < -0.3 is 20.1 Å². The molecule has 2 N–H and O–H groups in total. The van der Waals surface area contributed by atoms with Crippen LogP contribution in [0.1, 0.15) is 13.8 Å². The minimum Gasteiger partial charge on any atom is -0.497 e. The van der Waals surface area contributed by atoms with Crippen LogP contribution in [0.25, 0.3) is 11.4 Å². The molecule has 0 saturated carbocycles. The zero-order chi connectivity index (χ0) is 19.2. The number of nitrogens with zero attached hydrogens (tertiary/aromatic N) is 2. The number of rotatable bonds is 7. The van der Waals surface area contributed by atoms with Gasteiger partial charge in [-0.05, 0) is 26.0 Å². The molecule has 0 aliphatic heterocycles. The van der Waals surface area contributed by atoms with Gasteiger partial charge in [0.25, 0.3) is 0 Å². The number of hydrogen-bond acceptors (Lipinski definition) is 6. The Kier molecular flexibility index (Phi) is 5.76. The van der Waals surface area contributed by atoms with Crippen molar-refractivity contribution < 1.29 is 9.47 Å². The third kappa shape index (κ3) is 4.67. The Morgan fingerprint density at radius 2 is 1.59 bits per heavy atom. The zero-order valence-electron chi connectivity index (χ0n) is 16.0. The van der Waals surface area contributed by atoms with E-state index >= 15 is 0 Å². The number of aromatic nitrogens is 2. The van der Waals surface area contributed by atoms with Gasteiger partial charge in [-0.2, -0.15) is 0 Å². The van der Waals surface area contributed by atoms with E-state index in [1.165, 1.54) is 0 Å². The molecule has 3 rings (SSSR count). The Bertz CT molecular complexity index is 898. The predicted molar refractivity (Wildman–Crippen MR) is 109 cm³/mol. The van der Waals surface area contributed by atoms with Gasteiger partial charge >= 0.3 is 0 Å². The first kappa shape index (κ1) is 18.5. The molecule has 3 aromatic rings. The monoisotopic (exact) mass is 364 g/mol. The molecule has 0 aliphatic rings. The molecule has 0 spiro atoms. The lowest BCUT2D eigenvalue weighted by molar-refractivity contribution is 0.405. The summed E-state index contributed by atoms with van der Waals surface area (Å²) in [5.41, 5.74) is 1.72. The first-order valence-corrected chi connectivity index (χ1v) is 8.79. The van der Waals surface area contributed by atoms with Gasteiger partial charge in [0.05, 0.1) is 19.9 Å². The summed E-state index contributed by atoms with van der Waals surface area (Å²) in [4.78, 5) is 9.32. The molecule has 0 saturated heterocycles. The van der Waals surface area contributed by atoms with Crippen LogP contribution in [0.15, 0.2) is 54.6 Å². The van der Waals surface area contributed by atoms with Gasteiger partial charge in [0.1, 0.15) is 23.1 Å². The minimum atomic E-state index is 0.253. The van der Waals surface area contributed by atoms with Gasteiger partial charge in [-0.25, -0.2) is 9.97 Å². The Morgan fingerprint density at radius 1 is 0.852 bits per heavy atom. The van der Waals surface area contributed by atoms with Crippen LogP contribution in [-0.4, -0.2) is 30.2 Å². The van der Waals surface area contributed by atoms with E-state index < -0.39 is 0 Å². The third-order valence-electron chi connectivity index (χ3n) is 3.86. The molecule has 2 aromatic carbocycles. The van der Waals surface area contributed by atoms with Crippen LogP contribution in [0, 0.1) is 0 Å². The highest BCUT2D eigenvalue weighted by molar-refractivity contribution is 5.69. The predicted octanol–water partition coefficient (Wildman–Crippen LogP) is 4.72. The van der Waals surface area contributed by atoms with Crippen LogP contribution in [0.4, 0.5) is 17.3 Å². The molecule has 1 heterocycles. The SMILES string of the molecule is COc1ccc(OC)c(Nc2cc(NC(C)C)nc(-c3ccccc3)n2)c1. The second-order valence-corrected chi connectivity index (χ2v) is 6.32. The first-order chi connectivity index (χ1) is 13.1. The van der Waals surface area contributed by atoms with E-state index in [1.54, 1.807) is 14.2 Å². The number of hydrogen-bond donors (Lipinski definition) is 2. The summed E-state index contributed by atoms with van der Waals surface area (Å²) < 4.78 is 10.8. The van der Waals surface area contributed by atoms with Crippen molar-refractivity contribution >= 4 is 17.3 Å². The average Bonchev–Trinajstić information content (AvgIpc) is 2.68. The molecule has 0 atom stereocenters. The average molecular weight is 364 g/mol. The summed E-state index contributed by atoms with van der Waals surface area (Å²) in [6.45, 7) is 4.14. The number of benzene rings is 2. The quantitative estimate of drug-likeness (QED) is 0.632. The Morgan fingerprint density at radius 3 is 2.26 bits per heavy atom. The minimum absolute atomic E-state index is 0.253. The van der Waals surface area contributed by atoms with E-state index in [4.69, 9.17) is 9.47 Å². The maximum absolute atomic E-state index is 5.45. The fourth-order valence-electron chi connectivity index (χ4n) is 2.65. The summed E-state index contributed by atoms with van der Waals surface area (Å²) >= 11 is 0. The lowest BCUT2D eigenvalue weighted by Gasteiger charge is -2.15. The van der Waals surface area contributed by atoms with Crippen LogP contribution in [0.2, 0.25) is 0 Å². The Balaban J connectivity index is 2.02. The molecule has 0 aliphatic carbocycles. The van der Waals surface area contributed by atoms with Gasteiger partial charge in [0.2, 0.25) is 0 Å². The van der Waals surface area contributed by atoms with E-state index in [0.29, 0.717) is 17.4 Å². The Labute approximate surface area is 159 Å². The zero-order valence-corrected chi connectivity index (χ0v) is 16.0. The maximum Gasteiger partial charge on any atom is 0.163 e. The molecule has 27 heavy (non-hydrogen) atoms. The van der Waals surface area contributed by atoms with Gasteiger partial charge in [-0.3, -0.25) is 0 Å². The smallest absolute Gasteiger partial charge is 0.163 e. The Hall–Kier alpha value is -3.28. The van der Waals surface area contributed by atoms with Crippen molar-refractivity contribution in [3.8, 4) is 22.9 Å². The molecule has 1 aromatic heterocycles. The second kappa shape index (κ2) is 8.40. The van der Waals surface area contributed by atoms with Crippen molar-refractivity contribution in [1.29, 1.82) is 0 Å². The van der Waals surface area contributed by atoms with Gasteiger partial charge in [0.15, 0.2) is 5.82 Å². The fraction of sp³-hybridized carbons (Fsp3) is 0.238. The van der Waals surface area contributed by atoms with Crippen molar-refractivity contribution in [3.05, 3.63) is 54.6 Å². The standard InChI is InChI=1S/C21H24N4O2/c1-14(2)22-19-13-20(25-21(24-19)15-8-6-5-7-9-15)23-17-12-16(26-3)10-11-18(17)27-4/h5-14H,1-4H3,(H2,22,23,24,25). The van der Waals surface area contributed by atoms with Crippen LogP contribution in [0.5, 0.6) is 11.5 Å². The van der Waals surface area contributed by atoms with Crippen molar-refractivity contribution in [2.45, 2.75) is 19.9 Å². The number of ether oxygens (including phenoxy) is 2. The van der Waals surface area contributed by atoms with Crippen LogP contribution in [0.3, 0.4) is 0 Å². The van der Waals surface area contributed by atoms with Crippen molar-refractivity contribution in [2.75, 3.05) is 24.9 Å². The molecule has 0 radical (unpaired) electrons. The van der Waals surface area contributed by atoms with Crippen LogP contribution >= 0.6 is 0 Å². The molecule has 6 heteroatoms. The van der Waals surface area contributed by atoms with Gasteiger partial charge in [-0.1, -0.05) is 30.3 Å². The highest BCUT2D eigenvalue weighted by Crippen LogP contribution is 2.32. The summed E-state index contributed by atoms with van der Waals surface area (Å²) in [6, 6.07) is 17.6. The van der Waals surface area contributed by atoms with E-state index in [-0.39, 0.29) is 6.04 Å². The lowest BCUT2D eigenvalue weighted by atomic mass is 10.2. The number of anilines is 3. The maximum atomic E-state index is 5.45. The van der Waals surface area contributed by atoms with E-state index in [1.807, 2.05) is 54.6 Å². The fourth-order valence-corrected chi connectivity index (χ4v) is 2.65. The van der Waals surface area contributed by atoms with Crippen molar-refractivity contribution in [2.24, 2.45) is 0 Å². The highest BCUT2D eigenvalue weighted by atomic mass is 16.5. The molecular weight excluding hydrogens is 340 g/mol. The molecule has 0 fully saturated rings. The largest absolute Gasteiger partial charge is 0.497 e. The number of nitrogens with one attached hydrogen (secondary N) is 2. The summed E-state index contributed by atoms with van der Waals surface area (Å²) in [7, 11) is 3.27. The van der Waals surface area contributed by atoms with Gasteiger partial charge in [0, 0.05) is 23.7 Å². The summed E-state index contributed by atoms with van der Waals surface area (Å²) in [6.07, 6.45) is 0. The molecule has 0 bridgehead atoms. The second-order valence-electron chi connectivity index (χ2n) is 6.32. The topological polar surface area (TPSA) is 68.3 Å². The van der Waals surface area contributed by atoms with E-state index in [2.05, 4.69) is 34.4 Å². The highest BCUT2D eigenvalue weighted by Gasteiger charge is 2.11. The normalized spacial score (nSPS) is 10.6. The number of methoxy groups -OCH3 is 2. The molecular formula is C21H24N4O2. The molecule has 0 unspecified atom stereocenters. The summed E-state index contributed by atoms with van der Waals surface area (Å²) in [5.74, 6) is 3.50. The van der Waals surface area contributed by atoms with Gasteiger partial charge in [-0.15, -0.1) is 0 Å². The molecule has 140 valence electrons. The summed E-state index contributed by atoms with van der Waals surface area (Å²) in [5, 5.41) is 6.67. The third-order valence-corrected chi connectivity index (χ3v) is 3.86. The van der Waals surface area contributed by atoms with E-state index in [0.717, 1.165) is 22.8 Å². The van der Waals surface area contributed by atoms with Crippen molar-refractivity contribution in [3.63, 3.8) is 0 Å². The first-order valence-electron chi connectivity index (χ1n) is 8.79. The lowest BCUT2D eigenvalue weighted by Crippen LogP contribution is -2.12. The van der Waals surface area contributed by atoms with E-state index in [9.17, 15) is 0 Å². The van der Waals surface area contributed by atoms with Crippen molar-refractivity contribution in [1.82, 2.24) is 9.97 Å². The van der Waals surface area contributed by atoms with Crippen LogP contribution in [-0.2, 0) is 0 Å². The van der Waals surface area contributed by atoms with Crippen LogP contribution < -0.4 is 20.1 Å².